The van der Waals surface area contributed by atoms with Crippen molar-refractivity contribution in [2.45, 2.75) is 68.1 Å². The minimum atomic E-state index is -1.66. The standard InChI is InChI=1S/C13H24O10/c1-4-7(16)10(19)12(6(3-15)21-4)23-13-11(20)9(18)8(17)5(2-14)22-13/h4-20H,2-3H2,1H3/t4-,5?,6?,7?,8+,9?,10?,11?,12+,13-/m0/s1. The van der Waals surface area contributed by atoms with Gasteiger partial charge in [-0.15, -0.1) is 0 Å². The number of rotatable bonds is 4. The van der Waals surface area contributed by atoms with E-state index in [0.29, 0.717) is 0 Å². The van der Waals surface area contributed by atoms with Crippen LogP contribution < -0.4 is 0 Å². The van der Waals surface area contributed by atoms with Crippen LogP contribution in [0.2, 0.25) is 0 Å². The highest BCUT2D eigenvalue weighted by Gasteiger charge is 2.49. The number of hydrogen-bond acceptors (Lipinski definition) is 10. The smallest absolute Gasteiger partial charge is 0.187 e. The molecule has 0 saturated carbocycles. The molecule has 0 radical (unpaired) electrons. The average molecular weight is 340 g/mol. The topological polar surface area (TPSA) is 169 Å². The largest absolute Gasteiger partial charge is 0.394 e. The fraction of sp³-hybridized carbons (Fsp3) is 1.00. The molecule has 2 aliphatic rings. The Morgan fingerprint density at radius 3 is 1.91 bits per heavy atom. The SMILES string of the molecule is C[C@@H]1OC(CO)[C@@H](O[C@@H]2OC(CO)[C@@H](O)C(O)C2O)C(O)C1O. The van der Waals surface area contributed by atoms with E-state index < -0.39 is 74.4 Å². The summed E-state index contributed by atoms with van der Waals surface area (Å²) in [5, 5.41) is 67.8. The van der Waals surface area contributed by atoms with Crippen LogP contribution in [0, 0.1) is 0 Å². The third-order valence-corrected chi connectivity index (χ3v) is 4.24. The number of hydrogen-bond donors (Lipinski definition) is 7. The van der Waals surface area contributed by atoms with E-state index in [1.54, 1.807) is 0 Å². The summed E-state index contributed by atoms with van der Waals surface area (Å²) in [7, 11) is 0. The van der Waals surface area contributed by atoms with Crippen LogP contribution >= 0.6 is 0 Å². The van der Waals surface area contributed by atoms with E-state index >= 15 is 0 Å². The van der Waals surface area contributed by atoms with Gasteiger partial charge >= 0.3 is 0 Å². The van der Waals surface area contributed by atoms with Crippen LogP contribution in [0.1, 0.15) is 6.92 Å². The van der Waals surface area contributed by atoms with Gasteiger partial charge in [-0.2, -0.15) is 0 Å². The van der Waals surface area contributed by atoms with Crippen LogP contribution in [0.4, 0.5) is 0 Å². The summed E-state index contributed by atoms with van der Waals surface area (Å²) in [4.78, 5) is 0. The lowest BCUT2D eigenvalue weighted by molar-refractivity contribution is -0.341. The summed E-state index contributed by atoms with van der Waals surface area (Å²) in [6, 6.07) is 0. The van der Waals surface area contributed by atoms with Gasteiger partial charge in [-0.25, -0.2) is 0 Å². The summed E-state index contributed by atoms with van der Waals surface area (Å²) in [6.45, 7) is 0.369. The third kappa shape index (κ3) is 3.66. The molecule has 10 atom stereocenters. The fourth-order valence-corrected chi connectivity index (χ4v) is 2.78. The Labute approximate surface area is 132 Å². The van der Waals surface area contributed by atoms with Gasteiger partial charge in [0.25, 0.3) is 0 Å². The molecule has 2 heterocycles. The van der Waals surface area contributed by atoms with Gasteiger partial charge in [0.05, 0.1) is 19.3 Å². The molecule has 136 valence electrons. The molecule has 0 amide bonds. The molecule has 23 heavy (non-hydrogen) atoms. The van der Waals surface area contributed by atoms with Crippen molar-refractivity contribution in [3.8, 4) is 0 Å². The van der Waals surface area contributed by atoms with Gasteiger partial charge < -0.3 is 50.0 Å². The first-order valence-corrected chi connectivity index (χ1v) is 7.40. The summed E-state index contributed by atoms with van der Waals surface area (Å²) >= 11 is 0. The molecule has 2 saturated heterocycles. The number of aliphatic hydroxyl groups excluding tert-OH is 7. The van der Waals surface area contributed by atoms with Gasteiger partial charge in [-0.1, -0.05) is 0 Å². The van der Waals surface area contributed by atoms with E-state index in [1.807, 2.05) is 0 Å². The molecule has 0 aliphatic carbocycles. The van der Waals surface area contributed by atoms with Crippen molar-refractivity contribution < 1.29 is 50.0 Å². The molecule has 0 aromatic carbocycles. The van der Waals surface area contributed by atoms with Crippen LogP contribution in [0.3, 0.4) is 0 Å². The van der Waals surface area contributed by atoms with E-state index in [-0.39, 0.29) is 0 Å². The first-order chi connectivity index (χ1) is 10.8. The number of ether oxygens (including phenoxy) is 3. The second kappa shape index (κ2) is 7.66. The molecule has 2 rings (SSSR count). The van der Waals surface area contributed by atoms with Crippen molar-refractivity contribution >= 4 is 0 Å². The van der Waals surface area contributed by atoms with Crippen molar-refractivity contribution in [3.63, 3.8) is 0 Å². The zero-order valence-corrected chi connectivity index (χ0v) is 12.5. The van der Waals surface area contributed by atoms with Crippen LogP contribution in [0.5, 0.6) is 0 Å². The monoisotopic (exact) mass is 340 g/mol. The maximum atomic E-state index is 10.1. The van der Waals surface area contributed by atoms with Crippen LogP contribution in [0.25, 0.3) is 0 Å². The van der Waals surface area contributed by atoms with Gasteiger partial charge in [-0.05, 0) is 6.92 Å². The van der Waals surface area contributed by atoms with E-state index in [9.17, 15) is 30.6 Å². The second-order valence-electron chi connectivity index (χ2n) is 5.84. The number of aliphatic hydroxyl groups is 7. The molecule has 10 nitrogen and oxygen atoms in total. The lowest BCUT2D eigenvalue weighted by Crippen LogP contribution is -2.64. The van der Waals surface area contributed by atoms with Crippen molar-refractivity contribution in [2.75, 3.05) is 13.2 Å². The lowest BCUT2D eigenvalue weighted by Gasteiger charge is -2.45. The molecule has 2 fully saturated rings. The second-order valence-corrected chi connectivity index (χ2v) is 5.84. The van der Waals surface area contributed by atoms with Crippen LogP contribution in [-0.4, -0.2) is 110 Å². The Bertz CT molecular complexity index is 378. The maximum Gasteiger partial charge on any atom is 0.187 e. The average Bonchev–Trinajstić information content (AvgIpc) is 2.55. The Hall–Kier alpha value is -0.400. The molecule has 7 N–H and O–H groups in total. The van der Waals surface area contributed by atoms with Crippen LogP contribution in [-0.2, 0) is 14.2 Å². The van der Waals surface area contributed by atoms with Gasteiger partial charge in [0.15, 0.2) is 6.29 Å². The molecule has 0 aromatic rings. The summed E-state index contributed by atoms with van der Waals surface area (Å²) in [6.07, 6.45) is -13.2. The van der Waals surface area contributed by atoms with E-state index in [2.05, 4.69) is 0 Å². The lowest BCUT2D eigenvalue weighted by atomic mass is 9.95. The predicted molar refractivity (Wildman–Crippen MR) is 72.1 cm³/mol. The summed E-state index contributed by atoms with van der Waals surface area (Å²) < 4.78 is 15.9. The normalized spacial score (nSPS) is 51.7. The van der Waals surface area contributed by atoms with Gasteiger partial charge in [0.2, 0.25) is 0 Å². The molecule has 0 bridgehead atoms. The summed E-state index contributed by atoms with van der Waals surface area (Å²) in [5.74, 6) is 0. The zero-order chi connectivity index (χ0) is 17.3. The Balaban J connectivity index is 2.11. The highest BCUT2D eigenvalue weighted by atomic mass is 16.7. The highest BCUT2D eigenvalue weighted by molar-refractivity contribution is 4.94. The molecular formula is C13H24O10. The van der Waals surface area contributed by atoms with E-state index in [4.69, 9.17) is 19.3 Å². The first-order valence-electron chi connectivity index (χ1n) is 7.40. The minimum absolute atomic E-state index is 0.518. The van der Waals surface area contributed by atoms with E-state index in [0.717, 1.165) is 0 Å². The minimum Gasteiger partial charge on any atom is -0.394 e. The molecule has 6 unspecified atom stereocenters. The molecule has 0 spiro atoms. The molecule has 0 aromatic heterocycles. The fourth-order valence-electron chi connectivity index (χ4n) is 2.78. The van der Waals surface area contributed by atoms with Crippen molar-refractivity contribution in [1.82, 2.24) is 0 Å². The molecule has 2 aliphatic heterocycles. The van der Waals surface area contributed by atoms with Crippen LogP contribution in [0.15, 0.2) is 0 Å². The predicted octanol–water partition coefficient (Wildman–Crippen LogP) is -4.33. The van der Waals surface area contributed by atoms with E-state index in [1.165, 1.54) is 6.92 Å². The third-order valence-electron chi connectivity index (χ3n) is 4.24. The van der Waals surface area contributed by atoms with Crippen molar-refractivity contribution in [2.24, 2.45) is 0 Å². The Morgan fingerprint density at radius 2 is 1.35 bits per heavy atom. The van der Waals surface area contributed by atoms with Gasteiger partial charge in [0.1, 0.15) is 48.8 Å². The molecule has 10 heteroatoms. The maximum absolute atomic E-state index is 10.1. The van der Waals surface area contributed by atoms with Crippen molar-refractivity contribution in [3.05, 3.63) is 0 Å². The molecular weight excluding hydrogens is 316 g/mol. The van der Waals surface area contributed by atoms with Gasteiger partial charge in [0, 0.05) is 0 Å². The Kier molecular flexibility index (Phi) is 6.30. The van der Waals surface area contributed by atoms with Crippen molar-refractivity contribution in [1.29, 1.82) is 0 Å². The zero-order valence-electron chi connectivity index (χ0n) is 12.5. The Morgan fingerprint density at radius 1 is 0.739 bits per heavy atom. The quantitative estimate of drug-likeness (QED) is 0.265. The first kappa shape index (κ1) is 18.9. The van der Waals surface area contributed by atoms with Gasteiger partial charge in [-0.3, -0.25) is 0 Å². The summed E-state index contributed by atoms with van der Waals surface area (Å²) in [5.41, 5.74) is 0. The highest BCUT2D eigenvalue weighted by Crippen LogP contribution is 2.28.